The van der Waals surface area contributed by atoms with Gasteiger partial charge in [-0.15, -0.1) is 0 Å². The highest BCUT2D eigenvalue weighted by Gasteiger charge is 2.17. The van der Waals surface area contributed by atoms with Crippen LogP contribution in [0.1, 0.15) is 24.0 Å². The summed E-state index contributed by atoms with van der Waals surface area (Å²) in [5.74, 6) is 0.631. The molecule has 1 unspecified atom stereocenters. The van der Waals surface area contributed by atoms with Gasteiger partial charge in [-0.1, -0.05) is 60.7 Å². The number of aryl methyl sites for hydroxylation is 1. The summed E-state index contributed by atoms with van der Waals surface area (Å²) in [6, 6.07) is 24.2. The lowest BCUT2D eigenvalue weighted by Gasteiger charge is -2.16. The van der Waals surface area contributed by atoms with Crippen molar-refractivity contribution < 1.29 is 14.3 Å². The van der Waals surface area contributed by atoms with Crippen LogP contribution in [0, 0.1) is 6.92 Å². The molecule has 0 saturated carbocycles. The first-order valence-electron chi connectivity index (χ1n) is 10.5. The highest BCUT2D eigenvalue weighted by molar-refractivity contribution is 5.93. The van der Waals surface area contributed by atoms with Crippen molar-refractivity contribution >= 4 is 11.6 Å². The average Bonchev–Trinajstić information content (AvgIpc) is 3.29. The van der Waals surface area contributed by atoms with E-state index in [-0.39, 0.29) is 12.0 Å². The molecule has 1 fully saturated rings. The smallest absolute Gasteiger partial charge is 0.228 e. The first-order chi connectivity index (χ1) is 14.7. The lowest BCUT2D eigenvalue weighted by Crippen LogP contribution is -2.19. The Balaban J connectivity index is 1.38. The molecule has 0 radical (unpaired) electrons. The Morgan fingerprint density at radius 1 is 1.03 bits per heavy atom. The molecule has 154 valence electrons. The average molecular weight is 402 g/mol. The van der Waals surface area contributed by atoms with Gasteiger partial charge in [-0.05, 0) is 54.2 Å². The van der Waals surface area contributed by atoms with Gasteiger partial charge in [0.05, 0.1) is 18.2 Å². The second-order valence-corrected chi connectivity index (χ2v) is 7.73. The Morgan fingerprint density at radius 3 is 2.53 bits per heavy atom. The minimum Gasteiger partial charge on any atom is -0.489 e. The van der Waals surface area contributed by atoms with E-state index in [1.165, 1.54) is 5.56 Å². The number of benzene rings is 3. The third-order valence-electron chi connectivity index (χ3n) is 5.29. The van der Waals surface area contributed by atoms with Crippen molar-refractivity contribution in [1.82, 2.24) is 0 Å². The predicted octanol–water partition coefficient (Wildman–Crippen LogP) is 5.40. The Labute approximate surface area is 177 Å². The van der Waals surface area contributed by atoms with Crippen molar-refractivity contribution in [3.05, 3.63) is 83.9 Å². The van der Waals surface area contributed by atoms with Crippen molar-refractivity contribution in [2.45, 2.75) is 32.3 Å². The number of hydrogen-bond acceptors (Lipinski definition) is 3. The van der Waals surface area contributed by atoms with Crippen LogP contribution < -0.4 is 10.1 Å². The van der Waals surface area contributed by atoms with Crippen molar-refractivity contribution in [2.24, 2.45) is 0 Å². The molecule has 0 aromatic heterocycles. The summed E-state index contributed by atoms with van der Waals surface area (Å²) >= 11 is 0. The van der Waals surface area contributed by atoms with E-state index in [1.807, 2.05) is 55.5 Å². The molecule has 1 saturated heterocycles. The molecule has 1 heterocycles. The van der Waals surface area contributed by atoms with Crippen molar-refractivity contribution in [1.29, 1.82) is 0 Å². The Hall–Kier alpha value is -3.11. The molecular formula is C26H27NO3. The Kier molecular flexibility index (Phi) is 6.45. The fourth-order valence-corrected chi connectivity index (χ4v) is 3.64. The molecule has 4 rings (SSSR count). The summed E-state index contributed by atoms with van der Waals surface area (Å²) < 4.78 is 11.6. The van der Waals surface area contributed by atoms with Crippen LogP contribution in [0.5, 0.6) is 5.75 Å². The minimum absolute atomic E-state index is 0.0618. The van der Waals surface area contributed by atoms with Crippen LogP contribution in [0.3, 0.4) is 0 Å². The molecule has 4 nitrogen and oxygen atoms in total. The fourth-order valence-electron chi connectivity index (χ4n) is 3.64. The van der Waals surface area contributed by atoms with Crippen LogP contribution in [-0.4, -0.2) is 25.2 Å². The first kappa shape index (κ1) is 20.2. The number of carbonyl (C=O) groups excluding carboxylic acids is 1. The largest absolute Gasteiger partial charge is 0.489 e. The quantitative estimate of drug-likeness (QED) is 0.576. The number of hydrogen-bond donors (Lipinski definition) is 1. The van der Waals surface area contributed by atoms with E-state index < -0.39 is 0 Å². The van der Waals surface area contributed by atoms with Gasteiger partial charge in [0.25, 0.3) is 0 Å². The summed E-state index contributed by atoms with van der Waals surface area (Å²) in [5, 5.41) is 3.00. The Bertz CT molecular complexity index is 977. The van der Waals surface area contributed by atoms with Crippen LogP contribution in [0.15, 0.2) is 72.8 Å². The van der Waals surface area contributed by atoms with Gasteiger partial charge in [0, 0.05) is 6.61 Å². The van der Waals surface area contributed by atoms with Crippen LogP contribution >= 0.6 is 0 Å². The second kappa shape index (κ2) is 9.59. The summed E-state index contributed by atoms with van der Waals surface area (Å²) in [4.78, 5) is 12.6. The number of nitrogens with one attached hydrogen (secondary N) is 1. The lowest BCUT2D eigenvalue weighted by molar-refractivity contribution is -0.115. The molecule has 1 aliphatic rings. The molecule has 0 aliphatic carbocycles. The molecule has 1 N–H and O–H groups in total. The minimum atomic E-state index is -0.0618. The summed E-state index contributed by atoms with van der Waals surface area (Å²) in [7, 11) is 0. The van der Waals surface area contributed by atoms with Crippen molar-refractivity contribution in [3.8, 4) is 16.9 Å². The maximum absolute atomic E-state index is 12.6. The first-order valence-corrected chi connectivity index (χ1v) is 10.5. The normalized spacial score (nSPS) is 15.7. The lowest BCUT2D eigenvalue weighted by atomic mass is 10.0. The summed E-state index contributed by atoms with van der Waals surface area (Å²) in [6.45, 7) is 3.32. The van der Waals surface area contributed by atoms with Gasteiger partial charge < -0.3 is 14.8 Å². The molecular weight excluding hydrogens is 374 g/mol. The number of amides is 1. The number of ether oxygens (including phenoxy) is 2. The fraction of sp³-hybridized carbons (Fsp3) is 0.269. The molecule has 1 aliphatic heterocycles. The van der Waals surface area contributed by atoms with Gasteiger partial charge in [-0.3, -0.25) is 4.79 Å². The molecule has 30 heavy (non-hydrogen) atoms. The third kappa shape index (κ3) is 5.28. The zero-order chi connectivity index (χ0) is 20.8. The summed E-state index contributed by atoms with van der Waals surface area (Å²) in [5.41, 5.74) is 5.07. The van der Waals surface area contributed by atoms with E-state index in [9.17, 15) is 4.79 Å². The SMILES string of the molecule is Cc1ccc(NC(=O)Cc2ccc(-c3ccccc3)cc2)c(OCC2CCCO2)c1. The zero-order valence-corrected chi connectivity index (χ0v) is 17.3. The molecule has 3 aromatic carbocycles. The Morgan fingerprint density at radius 2 is 1.80 bits per heavy atom. The van der Waals surface area contributed by atoms with E-state index in [0.29, 0.717) is 24.5 Å². The number of rotatable bonds is 7. The third-order valence-corrected chi connectivity index (χ3v) is 5.29. The maximum Gasteiger partial charge on any atom is 0.228 e. The molecule has 1 amide bonds. The van der Waals surface area contributed by atoms with Crippen molar-refractivity contribution in [3.63, 3.8) is 0 Å². The predicted molar refractivity (Wildman–Crippen MR) is 120 cm³/mol. The molecule has 3 aromatic rings. The number of anilines is 1. The molecule has 0 spiro atoms. The van der Waals surface area contributed by atoms with E-state index in [1.54, 1.807) is 0 Å². The van der Waals surface area contributed by atoms with E-state index in [4.69, 9.17) is 9.47 Å². The van der Waals surface area contributed by atoms with Crippen LogP contribution in [0.4, 0.5) is 5.69 Å². The van der Waals surface area contributed by atoms with Gasteiger partial charge >= 0.3 is 0 Å². The van der Waals surface area contributed by atoms with Gasteiger partial charge in [0.1, 0.15) is 12.4 Å². The number of carbonyl (C=O) groups is 1. The monoisotopic (exact) mass is 401 g/mol. The highest BCUT2D eigenvalue weighted by atomic mass is 16.5. The van der Waals surface area contributed by atoms with Crippen molar-refractivity contribution in [2.75, 3.05) is 18.5 Å². The van der Waals surface area contributed by atoms with Crippen LogP contribution in [0.25, 0.3) is 11.1 Å². The topological polar surface area (TPSA) is 47.6 Å². The second-order valence-electron chi connectivity index (χ2n) is 7.73. The van der Waals surface area contributed by atoms with Gasteiger partial charge in [-0.25, -0.2) is 0 Å². The zero-order valence-electron chi connectivity index (χ0n) is 17.3. The maximum atomic E-state index is 12.6. The molecule has 4 heteroatoms. The highest BCUT2D eigenvalue weighted by Crippen LogP contribution is 2.27. The molecule has 1 atom stereocenters. The van der Waals surface area contributed by atoms with E-state index >= 15 is 0 Å². The molecule has 0 bridgehead atoms. The van der Waals surface area contributed by atoms with Crippen LogP contribution in [0.2, 0.25) is 0 Å². The van der Waals surface area contributed by atoms with Crippen LogP contribution in [-0.2, 0) is 16.0 Å². The van der Waals surface area contributed by atoms with E-state index in [0.717, 1.165) is 36.1 Å². The van der Waals surface area contributed by atoms with Gasteiger partial charge in [0.15, 0.2) is 0 Å². The standard InChI is InChI=1S/C26H27NO3/c1-19-9-14-24(25(16-19)30-18-23-8-5-15-29-23)27-26(28)17-20-10-12-22(13-11-20)21-6-3-2-4-7-21/h2-4,6-7,9-14,16,23H,5,8,15,17-18H2,1H3,(H,27,28). The van der Waals surface area contributed by atoms with Gasteiger partial charge in [0.2, 0.25) is 5.91 Å². The van der Waals surface area contributed by atoms with Gasteiger partial charge in [-0.2, -0.15) is 0 Å². The van der Waals surface area contributed by atoms with E-state index in [2.05, 4.69) is 29.6 Å². The summed E-state index contributed by atoms with van der Waals surface area (Å²) in [6.07, 6.45) is 2.55.